The Morgan fingerprint density at radius 1 is 1.13 bits per heavy atom. The zero-order chi connectivity index (χ0) is 26.6. The van der Waals surface area contributed by atoms with Gasteiger partial charge in [0.05, 0.1) is 23.6 Å². The summed E-state index contributed by atoms with van der Waals surface area (Å²) < 4.78 is 8.10. The minimum absolute atomic E-state index is 0.146. The number of amides is 1. The van der Waals surface area contributed by atoms with Crippen LogP contribution >= 0.6 is 0 Å². The third-order valence-electron chi connectivity index (χ3n) is 6.02. The van der Waals surface area contributed by atoms with Gasteiger partial charge >= 0.3 is 0 Å². The van der Waals surface area contributed by atoms with Gasteiger partial charge in [-0.15, -0.1) is 0 Å². The largest absolute Gasteiger partial charge is 0.457 e. The van der Waals surface area contributed by atoms with E-state index in [2.05, 4.69) is 42.1 Å². The normalized spacial score (nSPS) is 10.9. The minimum Gasteiger partial charge on any atom is -0.457 e. The Bertz CT molecular complexity index is 1650. The van der Waals surface area contributed by atoms with E-state index in [1.807, 2.05) is 54.9 Å². The lowest BCUT2D eigenvalue weighted by Gasteiger charge is -2.15. The molecule has 0 aliphatic rings. The summed E-state index contributed by atoms with van der Waals surface area (Å²) in [5, 5.41) is 6.46. The molecule has 11 nitrogen and oxygen atoms in total. The predicted octanol–water partition coefficient (Wildman–Crippen LogP) is 4.21. The number of aromatic nitrogens is 6. The number of carbonyl (C=O) groups excluding carboxylic acids is 1. The second-order valence-corrected chi connectivity index (χ2v) is 8.75. The van der Waals surface area contributed by atoms with Gasteiger partial charge in [-0.2, -0.15) is 0 Å². The molecular weight excluding hydrogens is 482 g/mol. The van der Waals surface area contributed by atoms with E-state index in [1.54, 1.807) is 24.5 Å². The molecule has 192 valence electrons. The van der Waals surface area contributed by atoms with Crippen LogP contribution < -0.4 is 15.4 Å². The molecule has 0 unspecified atom stereocenters. The van der Waals surface area contributed by atoms with Gasteiger partial charge in [-0.1, -0.05) is 6.58 Å². The number of hydrogen-bond donors (Lipinski definition) is 2. The molecule has 2 N–H and O–H groups in total. The Hall–Kier alpha value is -5.06. The molecule has 0 atom stereocenters. The number of carbonyl (C=O) groups is 1. The maximum atomic E-state index is 11.6. The van der Waals surface area contributed by atoms with Crippen molar-refractivity contribution in [2.24, 2.45) is 7.05 Å². The monoisotopic (exact) mass is 509 g/mol. The molecule has 1 amide bonds. The smallest absolute Gasteiger partial charge is 0.245 e. The van der Waals surface area contributed by atoms with E-state index >= 15 is 0 Å². The van der Waals surface area contributed by atoms with Gasteiger partial charge in [0.15, 0.2) is 5.82 Å². The lowest BCUT2D eigenvalue weighted by atomic mass is 10.2. The fraction of sp³-hybridized carbons (Fsp3) is 0.185. The van der Waals surface area contributed by atoms with Gasteiger partial charge in [-0.3, -0.25) is 4.79 Å². The second-order valence-electron chi connectivity index (χ2n) is 8.75. The van der Waals surface area contributed by atoms with Gasteiger partial charge in [0.2, 0.25) is 11.9 Å². The molecule has 0 aliphatic heterocycles. The maximum absolute atomic E-state index is 11.6. The first-order chi connectivity index (χ1) is 18.4. The van der Waals surface area contributed by atoms with Crippen LogP contribution in [0.1, 0.15) is 5.56 Å². The molecule has 3 aromatic heterocycles. The maximum Gasteiger partial charge on any atom is 0.245 e. The SMILES string of the molecule is C=CC(=O)N(C)CCNc1ncc2ncnc(Nc3ccc(Oc4ccc5c(c4)ncn5C)c(C)c3)c2n1. The fourth-order valence-electron chi connectivity index (χ4n) is 3.92. The molecule has 11 heteroatoms. The summed E-state index contributed by atoms with van der Waals surface area (Å²) in [5.41, 5.74) is 4.88. The molecule has 0 fully saturated rings. The highest BCUT2D eigenvalue weighted by atomic mass is 16.5. The summed E-state index contributed by atoms with van der Waals surface area (Å²) in [4.78, 5) is 35.2. The van der Waals surface area contributed by atoms with Crippen molar-refractivity contribution in [2.45, 2.75) is 6.92 Å². The molecule has 3 heterocycles. The molecule has 0 bridgehead atoms. The predicted molar refractivity (Wildman–Crippen MR) is 147 cm³/mol. The van der Waals surface area contributed by atoms with E-state index in [0.717, 1.165) is 33.8 Å². The van der Waals surface area contributed by atoms with E-state index in [4.69, 9.17) is 4.74 Å². The van der Waals surface area contributed by atoms with Crippen LogP contribution in [0, 0.1) is 6.92 Å². The molecule has 0 saturated carbocycles. The van der Waals surface area contributed by atoms with E-state index < -0.39 is 0 Å². The lowest BCUT2D eigenvalue weighted by molar-refractivity contribution is -0.124. The molecule has 0 aliphatic carbocycles. The lowest BCUT2D eigenvalue weighted by Crippen LogP contribution is -2.30. The molecule has 5 rings (SSSR count). The van der Waals surface area contributed by atoms with Crippen molar-refractivity contribution in [3.8, 4) is 11.5 Å². The number of rotatable bonds is 9. The van der Waals surface area contributed by atoms with Crippen LogP contribution in [0.15, 0.2) is 67.9 Å². The number of imidazole rings is 1. The number of aryl methyl sites for hydroxylation is 2. The van der Waals surface area contributed by atoms with Gasteiger partial charge < -0.3 is 24.8 Å². The van der Waals surface area contributed by atoms with Crippen molar-refractivity contribution >= 4 is 45.4 Å². The number of hydrogen-bond acceptors (Lipinski definition) is 9. The quantitative estimate of drug-likeness (QED) is 0.281. The van der Waals surface area contributed by atoms with Crippen LogP contribution in [0.25, 0.3) is 22.1 Å². The number of likely N-dealkylation sites (N-methyl/N-ethyl adjacent to an activating group) is 1. The Morgan fingerprint density at radius 3 is 2.82 bits per heavy atom. The summed E-state index contributed by atoms with van der Waals surface area (Å²) in [6.45, 7) is 6.44. The number of nitrogens with zero attached hydrogens (tertiary/aromatic N) is 7. The Labute approximate surface area is 219 Å². The summed E-state index contributed by atoms with van der Waals surface area (Å²) in [6, 6.07) is 11.7. The van der Waals surface area contributed by atoms with Gasteiger partial charge in [-0.05, 0) is 48.9 Å². The van der Waals surface area contributed by atoms with Crippen molar-refractivity contribution in [1.82, 2.24) is 34.4 Å². The van der Waals surface area contributed by atoms with Gasteiger partial charge in [0.1, 0.15) is 28.9 Å². The van der Waals surface area contributed by atoms with Crippen LogP contribution in [0.5, 0.6) is 11.5 Å². The Balaban J connectivity index is 1.31. The van der Waals surface area contributed by atoms with Crippen molar-refractivity contribution in [3.63, 3.8) is 0 Å². The highest BCUT2D eigenvalue weighted by molar-refractivity contribution is 5.87. The van der Waals surface area contributed by atoms with Crippen molar-refractivity contribution in [3.05, 3.63) is 73.5 Å². The fourth-order valence-corrected chi connectivity index (χ4v) is 3.92. The Kier molecular flexibility index (Phi) is 6.81. The van der Waals surface area contributed by atoms with Crippen molar-refractivity contribution < 1.29 is 9.53 Å². The second kappa shape index (κ2) is 10.5. The van der Waals surface area contributed by atoms with Gasteiger partial charge in [-0.25, -0.2) is 24.9 Å². The van der Waals surface area contributed by atoms with Crippen LogP contribution in [-0.2, 0) is 11.8 Å². The summed E-state index contributed by atoms with van der Waals surface area (Å²) in [6.07, 6.45) is 6.17. The molecule has 2 aromatic carbocycles. The van der Waals surface area contributed by atoms with Gasteiger partial charge in [0, 0.05) is 38.9 Å². The zero-order valence-electron chi connectivity index (χ0n) is 21.3. The number of fused-ring (bicyclic) bond motifs is 2. The average molecular weight is 510 g/mol. The van der Waals surface area contributed by atoms with Crippen molar-refractivity contribution in [1.29, 1.82) is 0 Å². The highest BCUT2D eigenvalue weighted by Gasteiger charge is 2.11. The molecule has 0 spiro atoms. The molecule has 38 heavy (non-hydrogen) atoms. The zero-order valence-corrected chi connectivity index (χ0v) is 21.3. The standard InChI is InChI=1S/C27H27N9O2/c1-5-24(37)35(3)11-10-28-27-29-14-21-25(34-27)26(31-15-30-21)33-18-6-9-23(17(2)12-18)38-19-7-8-22-20(13-19)32-16-36(22)4/h5-9,12-16H,1,10-11H2,2-4H3,(H,28,29,34)(H,30,31,33). The van der Waals surface area contributed by atoms with E-state index in [0.29, 0.717) is 35.9 Å². The van der Waals surface area contributed by atoms with Crippen LogP contribution in [0.3, 0.4) is 0 Å². The molecular formula is C27H27N9O2. The third kappa shape index (κ3) is 5.21. The van der Waals surface area contributed by atoms with Crippen LogP contribution in [0.4, 0.5) is 17.5 Å². The minimum atomic E-state index is -0.146. The van der Waals surface area contributed by atoms with E-state index in [9.17, 15) is 4.79 Å². The average Bonchev–Trinajstić information content (AvgIpc) is 3.29. The summed E-state index contributed by atoms with van der Waals surface area (Å²) in [7, 11) is 3.67. The van der Waals surface area contributed by atoms with E-state index in [1.165, 1.54) is 12.4 Å². The van der Waals surface area contributed by atoms with Crippen LogP contribution in [-0.4, -0.2) is 60.4 Å². The van der Waals surface area contributed by atoms with Gasteiger partial charge in [0.25, 0.3) is 0 Å². The molecule has 0 radical (unpaired) electrons. The number of anilines is 3. The molecule has 0 saturated heterocycles. The van der Waals surface area contributed by atoms with Crippen molar-refractivity contribution in [2.75, 3.05) is 30.8 Å². The topological polar surface area (TPSA) is 123 Å². The molecule has 5 aromatic rings. The van der Waals surface area contributed by atoms with E-state index in [-0.39, 0.29) is 5.91 Å². The summed E-state index contributed by atoms with van der Waals surface area (Å²) in [5.74, 6) is 2.28. The highest BCUT2D eigenvalue weighted by Crippen LogP contribution is 2.30. The number of benzene rings is 2. The van der Waals surface area contributed by atoms with Crippen LogP contribution in [0.2, 0.25) is 0 Å². The third-order valence-corrected chi connectivity index (χ3v) is 6.02. The first-order valence-corrected chi connectivity index (χ1v) is 12.0. The first kappa shape index (κ1) is 24.6. The number of ether oxygens (including phenoxy) is 1. The summed E-state index contributed by atoms with van der Waals surface area (Å²) >= 11 is 0. The first-order valence-electron chi connectivity index (χ1n) is 12.0. The number of nitrogens with one attached hydrogen (secondary N) is 2. The Morgan fingerprint density at radius 2 is 2.00 bits per heavy atom.